The number of methoxy groups -OCH3 is 1. The van der Waals surface area contributed by atoms with Crippen LogP contribution in [0.15, 0.2) is 24.3 Å². The lowest BCUT2D eigenvalue weighted by Crippen LogP contribution is -2.43. The number of halogens is 3. The minimum Gasteiger partial charge on any atom is -0.479 e. The molecule has 2 rings (SSSR count). The van der Waals surface area contributed by atoms with Gasteiger partial charge in [0.2, 0.25) is 0 Å². The Hall–Kier alpha value is -1.60. The monoisotopic (exact) mass is 303 g/mol. The standard InChI is InChI=1S/C14H16F3NO3/c1-21-13(12(19)20)5-6-18(9-13)8-10-3-2-4-11(7-10)14(15,16)17/h2-4,7H,5-6,8-9H2,1H3,(H,19,20). The van der Waals surface area contributed by atoms with E-state index in [0.29, 0.717) is 18.5 Å². The van der Waals surface area contributed by atoms with Crippen LogP contribution in [0.3, 0.4) is 0 Å². The predicted molar refractivity (Wildman–Crippen MR) is 68.7 cm³/mol. The lowest BCUT2D eigenvalue weighted by molar-refractivity contribution is -0.160. The first-order valence-electron chi connectivity index (χ1n) is 6.44. The van der Waals surface area contributed by atoms with E-state index in [4.69, 9.17) is 4.74 Å². The maximum atomic E-state index is 12.7. The fourth-order valence-corrected chi connectivity index (χ4v) is 2.53. The molecule has 1 heterocycles. The van der Waals surface area contributed by atoms with Crippen LogP contribution in [0.25, 0.3) is 0 Å². The Morgan fingerprint density at radius 1 is 1.48 bits per heavy atom. The van der Waals surface area contributed by atoms with E-state index in [9.17, 15) is 23.1 Å². The topological polar surface area (TPSA) is 49.8 Å². The fourth-order valence-electron chi connectivity index (χ4n) is 2.53. The van der Waals surface area contributed by atoms with Crippen LogP contribution in [-0.2, 0) is 22.3 Å². The number of ether oxygens (including phenoxy) is 1. The molecule has 7 heteroatoms. The Morgan fingerprint density at radius 2 is 2.19 bits per heavy atom. The first-order chi connectivity index (χ1) is 9.77. The van der Waals surface area contributed by atoms with E-state index in [2.05, 4.69) is 0 Å². The zero-order chi connectivity index (χ0) is 15.7. The Labute approximate surface area is 120 Å². The minimum absolute atomic E-state index is 0.162. The highest BCUT2D eigenvalue weighted by Gasteiger charge is 2.45. The molecule has 116 valence electrons. The summed E-state index contributed by atoms with van der Waals surface area (Å²) in [5.41, 5.74) is -1.46. The number of hydrogen-bond acceptors (Lipinski definition) is 3. The molecule has 21 heavy (non-hydrogen) atoms. The second kappa shape index (κ2) is 5.65. The van der Waals surface area contributed by atoms with E-state index in [1.165, 1.54) is 13.2 Å². The van der Waals surface area contributed by atoms with Crippen LogP contribution in [0.4, 0.5) is 13.2 Å². The van der Waals surface area contributed by atoms with Gasteiger partial charge in [-0.25, -0.2) is 4.79 Å². The first-order valence-corrected chi connectivity index (χ1v) is 6.44. The Kier molecular flexibility index (Phi) is 4.25. The van der Waals surface area contributed by atoms with Crippen molar-refractivity contribution >= 4 is 5.97 Å². The van der Waals surface area contributed by atoms with Gasteiger partial charge in [0.15, 0.2) is 5.60 Å². The maximum Gasteiger partial charge on any atom is 0.416 e. The summed E-state index contributed by atoms with van der Waals surface area (Å²) in [6, 6.07) is 5.07. The van der Waals surface area contributed by atoms with Crippen LogP contribution in [0, 0.1) is 0 Å². The zero-order valence-corrected chi connectivity index (χ0v) is 11.5. The van der Waals surface area contributed by atoms with Gasteiger partial charge in [-0.2, -0.15) is 13.2 Å². The average molecular weight is 303 g/mol. The van der Waals surface area contributed by atoms with Gasteiger partial charge in [-0.15, -0.1) is 0 Å². The number of likely N-dealkylation sites (tertiary alicyclic amines) is 1. The van der Waals surface area contributed by atoms with Crippen molar-refractivity contribution in [3.05, 3.63) is 35.4 Å². The molecule has 1 fully saturated rings. The van der Waals surface area contributed by atoms with Crippen LogP contribution >= 0.6 is 0 Å². The number of benzene rings is 1. The zero-order valence-electron chi connectivity index (χ0n) is 11.5. The van der Waals surface area contributed by atoms with Gasteiger partial charge in [-0.1, -0.05) is 18.2 Å². The van der Waals surface area contributed by atoms with Crippen molar-refractivity contribution in [1.29, 1.82) is 0 Å². The molecular formula is C14H16F3NO3. The highest BCUT2D eigenvalue weighted by molar-refractivity contribution is 5.78. The summed E-state index contributed by atoms with van der Waals surface area (Å²) < 4.78 is 43.0. The molecule has 1 atom stereocenters. The van der Waals surface area contributed by atoms with Gasteiger partial charge in [0.1, 0.15) is 0 Å². The molecule has 1 aromatic rings. The first kappa shape index (κ1) is 15.8. The fraction of sp³-hybridized carbons (Fsp3) is 0.500. The number of carboxylic acid groups (broad SMARTS) is 1. The van der Waals surface area contributed by atoms with E-state index in [1.54, 1.807) is 11.0 Å². The van der Waals surface area contributed by atoms with Gasteiger partial charge in [0.25, 0.3) is 0 Å². The van der Waals surface area contributed by atoms with Crippen molar-refractivity contribution < 1.29 is 27.8 Å². The minimum atomic E-state index is -4.38. The largest absolute Gasteiger partial charge is 0.479 e. The van der Waals surface area contributed by atoms with E-state index >= 15 is 0 Å². The highest BCUT2D eigenvalue weighted by atomic mass is 19.4. The summed E-state index contributed by atoms with van der Waals surface area (Å²) in [6.07, 6.45) is -4.06. The van der Waals surface area contributed by atoms with Crippen LogP contribution in [0.1, 0.15) is 17.5 Å². The third kappa shape index (κ3) is 3.36. The second-order valence-electron chi connectivity index (χ2n) is 5.16. The van der Waals surface area contributed by atoms with Crippen molar-refractivity contribution in [2.75, 3.05) is 20.2 Å². The number of nitrogens with zero attached hydrogens (tertiary/aromatic N) is 1. The molecular weight excluding hydrogens is 287 g/mol. The van der Waals surface area contributed by atoms with Crippen LogP contribution in [-0.4, -0.2) is 41.8 Å². The molecule has 1 unspecified atom stereocenters. The van der Waals surface area contributed by atoms with Crippen molar-refractivity contribution in [1.82, 2.24) is 4.90 Å². The SMILES string of the molecule is COC1(C(=O)O)CCN(Cc2cccc(C(F)(F)F)c2)C1. The molecule has 0 amide bonds. The molecule has 1 saturated heterocycles. The molecule has 1 aliphatic rings. The van der Waals surface area contributed by atoms with E-state index in [1.807, 2.05) is 0 Å². The predicted octanol–water partition coefficient (Wildman–Crippen LogP) is 2.38. The summed E-state index contributed by atoms with van der Waals surface area (Å²) in [5, 5.41) is 9.20. The van der Waals surface area contributed by atoms with Gasteiger partial charge in [-0.05, 0) is 11.6 Å². The van der Waals surface area contributed by atoms with E-state index < -0.39 is 23.3 Å². The third-order valence-corrected chi connectivity index (χ3v) is 3.75. The Bertz CT molecular complexity index is 532. The van der Waals surface area contributed by atoms with Crippen LogP contribution in [0.2, 0.25) is 0 Å². The van der Waals surface area contributed by atoms with Crippen molar-refractivity contribution in [3.63, 3.8) is 0 Å². The normalized spacial score (nSPS) is 23.4. The lowest BCUT2D eigenvalue weighted by Gasteiger charge is -2.23. The molecule has 4 nitrogen and oxygen atoms in total. The Balaban J connectivity index is 2.09. The smallest absolute Gasteiger partial charge is 0.416 e. The molecule has 0 saturated carbocycles. The number of carbonyl (C=O) groups is 1. The van der Waals surface area contributed by atoms with Gasteiger partial charge in [0.05, 0.1) is 5.56 Å². The lowest BCUT2D eigenvalue weighted by atomic mass is 10.0. The molecule has 0 aromatic heterocycles. The number of hydrogen-bond donors (Lipinski definition) is 1. The van der Waals surface area contributed by atoms with Crippen LogP contribution < -0.4 is 0 Å². The van der Waals surface area contributed by atoms with Gasteiger partial charge in [-0.3, -0.25) is 4.90 Å². The number of carboxylic acids is 1. The van der Waals surface area contributed by atoms with Crippen molar-refractivity contribution in [3.8, 4) is 0 Å². The average Bonchev–Trinajstić information content (AvgIpc) is 2.83. The van der Waals surface area contributed by atoms with Crippen molar-refractivity contribution in [2.24, 2.45) is 0 Å². The number of aliphatic carboxylic acids is 1. The molecule has 0 spiro atoms. The molecule has 0 aliphatic carbocycles. The third-order valence-electron chi connectivity index (χ3n) is 3.75. The van der Waals surface area contributed by atoms with E-state index in [-0.39, 0.29) is 13.1 Å². The summed E-state index contributed by atoms with van der Waals surface area (Å²) in [7, 11) is 1.34. The summed E-state index contributed by atoms with van der Waals surface area (Å²) >= 11 is 0. The Morgan fingerprint density at radius 3 is 2.71 bits per heavy atom. The summed E-state index contributed by atoms with van der Waals surface area (Å²) in [4.78, 5) is 13.0. The van der Waals surface area contributed by atoms with Crippen molar-refractivity contribution in [2.45, 2.75) is 24.7 Å². The van der Waals surface area contributed by atoms with E-state index in [0.717, 1.165) is 12.1 Å². The second-order valence-corrected chi connectivity index (χ2v) is 5.16. The highest BCUT2D eigenvalue weighted by Crippen LogP contribution is 2.31. The summed E-state index contributed by atoms with van der Waals surface area (Å²) in [6.45, 7) is 0.897. The quantitative estimate of drug-likeness (QED) is 0.928. The maximum absolute atomic E-state index is 12.7. The van der Waals surface area contributed by atoms with Gasteiger partial charge in [0, 0.05) is 33.2 Å². The number of alkyl halides is 3. The molecule has 0 bridgehead atoms. The van der Waals surface area contributed by atoms with Crippen LogP contribution in [0.5, 0.6) is 0 Å². The molecule has 0 radical (unpaired) electrons. The molecule has 1 N–H and O–H groups in total. The van der Waals surface area contributed by atoms with Gasteiger partial charge < -0.3 is 9.84 Å². The molecule has 1 aromatic carbocycles. The number of rotatable bonds is 4. The van der Waals surface area contributed by atoms with Gasteiger partial charge >= 0.3 is 12.1 Å². The summed E-state index contributed by atoms with van der Waals surface area (Å²) in [5.74, 6) is -1.04. The molecule has 1 aliphatic heterocycles.